The van der Waals surface area contributed by atoms with Crippen molar-refractivity contribution in [1.29, 1.82) is 0 Å². The monoisotopic (exact) mass is 366 g/mol. The van der Waals surface area contributed by atoms with Crippen molar-refractivity contribution in [3.8, 4) is 5.75 Å². The maximum Gasteiger partial charge on any atom is 0.416 e. The second-order valence-corrected chi connectivity index (χ2v) is 7.16. The van der Waals surface area contributed by atoms with Gasteiger partial charge in [-0.3, -0.25) is 4.98 Å². The molecule has 1 aliphatic carbocycles. The Bertz CT molecular complexity index is 772. The molecule has 0 bridgehead atoms. The molecular weight excluding hydrogens is 341 g/mol. The Morgan fingerprint density at radius 1 is 1.12 bits per heavy atom. The van der Waals surface area contributed by atoms with Crippen molar-refractivity contribution in [2.75, 3.05) is 27.2 Å². The standard InChI is InChI=1S/C20H25F3N2O/c1-25(2)11-6-12-26-19-15-7-4-3-5-8-17(15)24-18-13-14(20(21,22)23)9-10-16(18)19/h9-10,13H,3-8,11-12H2,1-2H3. The average Bonchev–Trinajstić information content (AvgIpc) is 2.81. The van der Waals surface area contributed by atoms with Crippen LogP contribution in [-0.4, -0.2) is 37.1 Å². The molecule has 0 saturated carbocycles. The van der Waals surface area contributed by atoms with E-state index >= 15 is 0 Å². The lowest BCUT2D eigenvalue weighted by molar-refractivity contribution is -0.137. The molecule has 1 aliphatic rings. The van der Waals surface area contributed by atoms with Crippen LogP contribution in [0.25, 0.3) is 10.9 Å². The van der Waals surface area contributed by atoms with Gasteiger partial charge in [0.15, 0.2) is 0 Å². The summed E-state index contributed by atoms with van der Waals surface area (Å²) in [7, 11) is 4.01. The summed E-state index contributed by atoms with van der Waals surface area (Å²) in [5.41, 5.74) is 1.70. The topological polar surface area (TPSA) is 25.4 Å². The number of aryl methyl sites for hydroxylation is 1. The first-order valence-corrected chi connectivity index (χ1v) is 9.16. The molecule has 0 saturated heterocycles. The summed E-state index contributed by atoms with van der Waals surface area (Å²) in [5.74, 6) is 0.736. The number of benzene rings is 1. The van der Waals surface area contributed by atoms with Crippen LogP contribution in [0, 0.1) is 0 Å². The zero-order chi connectivity index (χ0) is 18.7. The minimum absolute atomic E-state index is 0.378. The minimum atomic E-state index is -4.37. The number of fused-ring (bicyclic) bond motifs is 2. The molecule has 0 amide bonds. The molecule has 0 radical (unpaired) electrons. The Morgan fingerprint density at radius 2 is 1.88 bits per heavy atom. The third kappa shape index (κ3) is 4.29. The molecule has 1 aromatic heterocycles. The van der Waals surface area contributed by atoms with E-state index in [1.165, 1.54) is 6.07 Å². The Balaban J connectivity index is 2.01. The molecule has 1 aromatic carbocycles. The van der Waals surface area contributed by atoms with Gasteiger partial charge < -0.3 is 9.64 Å². The molecule has 3 rings (SSSR count). The number of ether oxygens (including phenoxy) is 1. The highest BCUT2D eigenvalue weighted by Crippen LogP contribution is 2.37. The Labute approximate surface area is 152 Å². The number of halogens is 3. The van der Waals surface area contributed by atoms with E-state index in [-0.39, 0.29) is 0 Å². The molecule has 0 N–H and O–H groups in total. The van der Waals surface area contributed by atoms with Crippen molar-refractivity contribution in [3.63, 3.8) is 0 Å². The van der Waals surface area contributed by atoms with Crippen molar-refractivity contribution in [2.45, 2.75) is 44.7 Å². The van der Waals surface area contributed by atoms with Crippen LogP contribution >= 0.6 is 0 Å². The second kappa shape index (κ2) is 7.82. The Kier molecular flexibility index (Phi) is 5.70. The number of hydrogen-bond acceptors (Lipinski definition) is 3. The summed E-state index contributed by atoms with van der Waals surface area (Å²) in [6.45, 7) is 1.45. The van der Waals surface area contributed by atoms with Gasteiger partial charge in [0.1, 0.15) is 5.75 Å². The van der Waals surface area contributed by atoms with E-state index in [1.54, 1.807) is 0 Å². The highest BCUT2D eigenvalue weighted by Gasteiger charge is 2.31. The molecule has 142 valence electrons. The third-order valence-electron chi connectivity index (χ3n) is 4.78. The molecule has 0 spiro atoms. The quantitative estimate of drug-likeness (QED) is 0.559. The van der Waals surface area contributed by atoms with E-state index in [2.05, 4.69) is 9.88 Å². The number of nitrogens with zero attached hydrogens (tertiary/aromatic N) is 2. The molecule has 0 unspecified atom stereocenters. The predicted molar refractivity (Wildman–Crippen MR) is 96.7 cm³/mol. The molecule has 0 atom stereocenters. The van der Waals surface area contributed by atoms with Gasteiger partial charge in [-0.15, -0.1) is 0 Å². The van der Waals surface area contributed by atoms with Gasteiger partial charge in [0.25, 0.3) is 0 Å². The summed E-state index contributed by atoms with van der Waals surface area (Å²) in [5, 5.41) is 0.684. The van der Waals surface area contributed by atoms with Crippen LogP contribution in [0.2, 0.25) is 0 Å². The van der Waals surface area contributed by atoms with Crippen LogP contribution in [0.1, 0.15) is 42.5 Å². The highest BCUT2D eigenvalue weighted by molar-refractivity contribution is 5.87. The van der Waals surface area contributed by atoms with Gasteiger partial charge in [0.05, 0.1) is 17.7 Å². The fraction of sp³-hybridized carbons (Fsp3) is 0.550. The summed E-state index contributed by atoms with van der Waals surface area (Å²) in [6, 6.07) is 3.78. The van der Waals surface area contributed by atoms with Crippen molar-refractivity contribution in [2.24, 2.45) is 0 Å². The SMILES string of the molecule is CN(C)CCCOc1c2c(nc3cc(C(F)(F)F)ccc13)CCCCC2. The second-order valence-electron chi connectivity index (χ2n) is 7.16. The molecule has 0 fully saturated rings. The van der Waals surface area contributed by atoms with Crippen molar-refractivity contribution < 1.29 is 17.9 Å². The van der Waals surface area contributed by atoms with E-state index in [1.807, 2.05) is 14.1 Å². The summed E-state index contributed by atoms with van der Waals surface area (Å²) in [6.07, 6.45) is 1.37. The number of pyridine rings is 1. The number of hydrogen-bond donors (Lipinski definition) is 0. The zero-order valence-corrected chi connectivity index (χ0v) is 15.3. The fourth-order valence-corrected chi connectivity index (χ4v) is 3.45. The first kappa shape index (κ1) is 19.0. The van der Waals surface area contributed by atoms with E-state index in [9.17, 15) is 13.2 Å². The summed E-state index contributed by atoms with van der Waals surface area (Å²) < 4.78 is 45.3. The summed E-state index contributed by atoms with van der Waals surface area (Å²) in [4.78, 5) is 6.67. The van der Waals surface area contributed by atoms with E-state index < -0.39 is 11.7 Å². The smallest absolute Gasteiger partial charge is 0.416 e. The van der Waals surface area contributed by atoms with Crippen LogP contribution in [0.3, 0.4) is 0 Å². The number of rotatable bonds is 5. The van der Waals surface area contributed by atoms with Crippen LogP contribution in [0.4, 0.5) is 13.2 Å². The Hall–Kier alpha value is -1.82. The molecule has 1 heterocycles. The lowest BCUT2D eigenvalue weighted by atomic mass is 10.0. The van der Waals surface area contributed by atoms with Gasteiger partial charge in [-0.25, -0.2) is 0 Å². The van der Waals surface area contributed by atoms with Gasteiger partial charge in [-0.05, 0) is 64.4 Å². The normalized spacial score (nSPS) is 15.2. The molecule has 0 aliphatic heterocycles. The van der Waals surface area contributed by atoms with Crippen LogP contribution in [0.5, 0.6) is 5.75 Å². The van der Waals surface area contributed by atoms with Crippen LogP contribution in [-0.2, 0) is 19.0 Å². The van der Waals surface area contributed by atoms with E-state index in [0.29, 0.717) is 17.5 Å². The fourth-order valence-electron chi connectivity index (χ4n) is 3.45. The van der Waals surface area contributed by atoms with Crippen molar-refractivity contribution in [3.05, 3.63) is 35.0 Å². The maximum absolute atomic E-state index is 13.1. The highest BCUT2D eigenvalue weighted by atomic mass is 19.4. The van der Waals surface area contributed by atoms with Gasteiger partial charge in [0.2, 0.25) is 0 Å². The lowest BCUT2D eigenvalue weighted by Crippen LogP contribution is -2.16. The van der Waals surface area contributed by atoms with Crippen LogP contribution in [0.15, 0.2) is 18.2 Å². The zero-order valence-electron chi connectivity index (χ0n) is 15.3. The van der Waals surface area contributed by atoms with Gasteiger partial charge in [0, 0.05) is 23.2 Å². The van der Waals surface area contributed by atoms with Crippen molar-refractivity contribution in [1.82, 2.24) is 9.88 Å². The Morgan fingerprint density at radius 3 is 2.62 bits per heavy atom. The first-order chi connectivity index (χ1) is 12.4. The average molecular weight is 366 g/mol. The number of alkyl halides is 3. The maximum atomic E-state index is 13.1. The van der Waals surface area contributed by atoms with E-state index in [0.717, 1.165) is 74.2 Å². The lowest BCUT2D eigenvalue weighted by Gasteiger charge is -2.18. The molecular formula is C20H25F3N2O. The molecule has 26 heavy (non-hydrogen) atoms. The van der Waals surface area contributed by atoms with Gasteiger partial charge in [-0.1, -0.05) is 6.42 Å². The molecule has 2 aromatic rings. The van der Waals surface area contributed by atoms with Crippen LogP contribution < -0.4 is 4.74 Å². The number of aromatic nitrogens is 1. The summed E-state index contributed by atoms with van der Waals surface area (Å²) >= 11 is 0. The third-order valence-corrected chi connectivity index (χ3v) is 4.78. The molecule has 6 heteroatoms. The van der Waals surface area contributed by atoms with Crippen molar-refractivity contribution >= 4 is 10.9 Å². The van der Waals surface area contributed by atoms with Gasteiger partial charge >= 0.3 is 6.18 Å². The molecule has 3 nitrogen and oxygen atoms in total. The minimum Gasteiger partial charge on any atom is -0.492 e. The van der Waals surface area contributed by atoms with E-state index in [4.69, 9.17) is 4.74 Å². The predicted octanol–water partition coefficient (Wildman–Crippen LogP) is 4.85. The van der Waals surface area contributed by atoms with Gasteiger partial charge in [-0.2, -0.15) is 13.2 Å². The largest absolute Gasteiger partial charge is 0.492 e. The first-order valence-electron chi connectivity index (χ1n) is 9.16.